The van der Waals surface area contributed by atoms with Gasteiger partial charge >= 0.3 is 0 Å². The molecule has 7 heteroatoms. The van der Waals surface area contributed by atoms with E-state index in [0.717, 1.165) is 11.1 Å². The highest BCUT2D eigenvalue weighted by atomic mass is 16.6. The van der Waals surface area contributed by atoms with E-state index >= 15 is 0 Å². The first-order chi connectivity index (χ1) is 11.9. The van der Waals surface area contributed by atoms with Gasteiger partial charge in [-0.1, -0.05) is 17.7 Å². The van der Waals surface area contributed by atoms with Crippen molar-refractivity contribution in [1.29, 1.82) is 0 Å². The minimum atomic E-state index is -0.898. The molecule has 0 heterocycles. The summed E-state index contributed by atoms with van der Waals surface area (Å²) < 4.78 is 5.36. The first kappa shape index (κ1) is 18.4. The third-order valence-electron chi connectivity index (χ3n) is 3.61. The van der Waals surface area contributed by atoms with Crippen molar-refractivity contribution in [2.75, 3.05) is 13.2 Å². The van der Waals surface area contributed by atoms with Crippen molar-refractivity contribution in [3.63, 3.8) is 0 Å². The molecule has 2 aromatic rings. The van der Waals surface area contributed by atoms with Crippen molar-refractivity contribution in [3.8, 4) is 5.75 Å². The fraction of sp³-hybridized carbons (Fsp3) is 0.278. The van der Waals surface area contributed by atoms with Crippen molar-refractivity contribution in [2.45, 2.75) is 20.0 Å². The molecule has 0 aromatic heterocycles. The fourth-order valence-electron chi connectivity index (χ4n) is 2.29. The molecule has 132 valence electrons. The predicted octanol–water partition coefficient (Wildman–Crippen LogP) is 2.38. The lowest BCUT2D eigenvalue weighted by molar-refractivity contribution is -0.384. The van der Waals surface area contributed by atoms with Gasteiger partial charge in [-0.3, -0.25) is 14.9 Å². The monoisotopic (exact) mass is 344 g/mol. The second kappa shape index (κ2) is 8.25. The second-order valence-corrected chi connectivity index (χ2v) is 5.74. The molecule has 2 aromatic carbocycles. The van der Waals surface area contributed by atoms with Gasteiger partial charge in [0.25, 0.3) is 11.6 Å². The number of hydrogen-bond donors (Lipinski definition) is 2. The summed E-state index contributed by atoms with van der Waals surface area (Å²) in [5, 5.41) is 23.1. The van der Waals surface area contributed by atoms with Crippen LogP contribution in [0.3, 0.4) is 0 Å². The number of aliphatic hydroxyl groups excluding tert-OH is 1. The molecule has 0 saturated heterocycles. The largest absolute Gasteiger partial charge is 0.491 e. The third kappa shape index (κ3) is 5.29. The summed E-state index contributed by atoms with van der Waals surface area (Å²) in [5.41, 5.74) is 2.47. The molecule has 1 unspecified atom stereocenters. The van der Waals surface area contributed by atoms with Crippen LogP contribution in [0.5, 0.6) is 5.75 Å². The molecular formula is C18H20N2O5. The molecule has 0 fully saturated rings. The third-order valence-corrected chi connectivity index (χ3v) is 3.61. The molecule has 1 atom stereocenters. The van der Waals surface area contributed by atoms with E-state index in [9.17, 15) is 20.0 Å². The number of benzene rings is 2. The molecule has 0 saturated carbocycles. The summed E-state index contributed by atoms with van der Waals surface area (Å²) in [6.07, 6.45) is -0.898. The molecule has 0 aliphatic carbocycles. The smallest absolute Gasteiger partial charge is 0.269 e. The number of amides is 1. The van der Waals surface area contributed by atoms with Gasteiger partial charge < -0.3 is 15.2 Å². The maximum Gasteiger partial charge on any atom is 0.269 e. The summed E-state index contributed by atoms with van der Waals surface area (Å²) >= 11 is 0. The molecule has 0 aliphatic rings. The maximum absolute atomic E-state index is 12.1. The minimum absolute atomic E-state index is 0.0337. The van der Waals surface area contributed by atoms with Crippen molar-refractivity contribution in [2.24, 2.45) is 0 Å². The molecule has 2 rings (SSSR count). The van der Waals surface area contributed by atoms with E-state index in [1.807, 2.05) is 26.0 Å². The van der Waals surface area contributed by atoms with E-state index in [0.29, 0.717) is 11.3 Å². The topological polar surface area (TPSA) is 102 Å². The Hall–Kier alpha value is -2.93. The standard InChI is InChI=1S/C18H20N2O5/c1-12-3-8-17(13(2)9-12)18(22)19-10-15(21)11-25-16-6-4-14(5-7-16)20(23)24/h3-9,15,21H,10-11H2,1-2H3,(H,19,22). The Morgan fingerprint density at radius 3 is 2.52 bits per heavy atom. The number of aryl methyl sites for hydroxylation is 2. The summed E-state index contributed by atoms with van der Waals surface area (Å²) in [4.78, 5) is 22.2. The van der Waals surface area contributed by atoms with E-state index in [-0.39, 0.29) is 24.7 Å². The molecule has 0 spiro atoms. The van der Waals surface area contributed by atoms with Crippen molar-refractivity contribution < 1.29 is 19.6 Å². The molecule has 25 heavy (non-hydrogen) atoms. The van der Waals surface area contributed by atoms with Crippen LogP contribution in [0.15, 0.2) is 42.5 Å². The van der Waals surface area contributed by atoms with Crippen molar-refractivity contribution in [3.05, 3.63) is 69.3 Å². The van der Waals surface area contributed by atoms with E-state index in [1.54, 1.807) is 6.07 Å². The highest BCUT2D eigenvalue weighted by Gasteiger charge is 2.12. The van der Waals surface area contributed by atoms with Gasteiger partial charge in [0.1, 0.15) is 18.5 Å². The van der Waals surface area contributed by atoms with Crippen molar-refractivity contribution >= 4 is 11.6 Å². The van der Waals surface area contributed by atoms with Crippen LogP contribution in [0.4, 0.5) is 5.69 Å². The predicted molar refractivity (Wildman–Crippen MR) is 92.8 cm³/mol. The number of non-ortho nitro benzene ring substituents is 1. The molecule has 0 radical (unpaired) electrons. The summed E-state index contributed by atoms with van der Waals surface area (Å²) in [5.74, 6) is 0.150. The van der Waals surface area contributed by atoms with Gasteiger partial charge in [-0.15, -0.1) is 0 Å². The summed E-state index contributed by atoms with van der Waals surface area (Å²) in [7, 11) is 0. The lowest BCUT2D eigenvalue weighted by Gasteiger charge is -2.14. The SMILES string of the molecule is Cc1ccc(C(=O)NCC(O)COc2ccc([N+](=O)[O-])cc2)c(C)c1. The van der Waals surface area contributed by atoms with Crippen LogP contribution < -0.4 is 10.1 Å². The highest BCUT2D eigenvalue weighted by molar-refractivity contribution is 5.95. The lowest BCUT2D eigenvalue weighted by Crippen LogP contribution is -2.35. The lowest BCUT2D eigenvalue weighted by atomic mass is 10.1. The van der Waals surface area contributed by atoms with Crippen LogP contribution in [-0.4, -0.2) is 35.2 Å². The van der Waals surface area contributed by atoms with E-state index in [4.69, 9.17) is 4.74 Å². The van der Waals surface area contributed by atoms with Crippen LogP contribution in [0.2, 0.25) is 0 Å². The van der Waals surface area contributed by atoms with Gasteiger partial charge in [0.2, 0.25) is 0 Å². The Bertz CT molecular complexity index is 759. The fourth-order valence-corrected chi connectivity index (χ4v) is 2.29. The quantitative estimate of drug-likeness (QED) is 0.593. The van der Waals surface area contributed by atoms with Gasteiger partial charge in [-0.2, -0.15) is 0 Å². The molecular weight excluding hydrogens is 324 g/mol. The minimum Gasteiger partial charge on any atom is -0.491 e. The van der Waals surface area contributed by atoms with Crippen LogP contribution in [0.25, 0.3) is 0 Å². The van der Waals surface area contributed by atoms with Crippen LogP contribution in [0, 0.1) is 24.0 Å². The van der Waals surface area contributed by atoms with Crippen LogP contribution in [0.1, 0.15) is 21.5 Å². The normalized spacial score (nSPS) is 11.6. The van der Waals surface area contributed by atoms with E-state index in [1.165, 1.54) is 24.3 Å². The Kier molecular flexibility index (Phi) is 6.08. The molecule has 0 bridgehead atoms. The number of nitro groups is 1. The number of carbonyl (C=O) groups is 1. The van der Waals surface area contributed by atoms with Gasteiger partial charge in [0.05, 0.1) is 4.92 Å². The number of rotatable bonds is 7. The zero-order chi connectivity index (χ0) is 18.4. The zero-order valence-electron chi connectivity index (χ0n) is 14.1. The van der Waals surface area contributed by atoms with Gasteiger partial charge in [0, 0.05) is 24.2 Å². The Morgan fingerprint density at radius 2 is 1.92 bits per heavy atom. The summed E-state index contributed by atoms with van der Waals surface area (Å²) in [6.45, 7) is 3.81. The number of nitro benzene ring substituents is 1. The number of aliphatic hydroxyl groups is 1. The molecule has 2 N–H and O–H groups in total. The highest BCUT2D eigenvalue weighted by Crippen LogP contribution is 2.17. The number of hydrogen-bond acceptors (Lipinski definition) is 5. The molecule has 0 aliphatic heterocycles. The van der Waals surface area contributed by atoms with Gasteiger partial charge in [0.15, 0.2) is 0 Å². The average molecular weight is 344 g/mol. The second-order valence-electron chi connectivity index (χ2n) is 5.74. The van der Waals surface area contributed by atoms with Crippen molar-refractivity contribution in [1.82, 2.24) is 5.32 Å². The maximum atomic E-state index is 12.1. The van der Waals surface area contributed by atoms with Crippen LogP contribution >= 0.6 is 0 Å². The first-order valence-corrected chi connectivity index (χ1v) is 7.77. The van der Waals surface area contributed by atoms with Gasteiger partial charge in [-0.25, -0.2) is 0 Å². The first-order valence-electron chi connectivity index (χ1n) is 7.77. The molecule has 7 nitrogen and oxygen atoms in total. The van der Waals surface area contributed by atoms with E-state index in [2.05, 4.69) is 5.32 Å². The Morgan fingerprint density at radius 1 is 1.24 bits per heavy atom. The number of carbonyl (C=O) groups excluding carboxylic acids is 1. The number of ether oxygens (including phenoxy) is 1. The Labute approximate surface area is 145 Å². The average Bonchev–Trinajstić information content (AvgIpc) is 2.58. The number of nitrogens with zero attached hydrogens (tertiary/aromatic N) is 1. The van der Waals surface area contributed by atoms with Gasteiger partial charge in [-0.05, 0) is 37.6 Å². The van der Waals surface area contributed by atoms with Crippen LogP contribution in [-0.2, 0) is 0 Å². The Balaban J connectivity index is 1.81. The van der Waals surface area contributed by atoms with E-state index < -0.39 is 11.0 Å². The summed E-state index contributed by atoms with van der Waals surface area (Å²) in [6, 6.07) is 11.1. The molecule has 1 amide bonds. The zero-order valence-corrected chi connectivity index (χ0v) is 14.1. The number of nitrogens with one attached hydrogen (secondary N) is 1.